The SMILES string of the molecule is COc1cc(/C=N/NC(=O)c2ccc(O)cc2)ccc1OC(C)C. The van der Waals surface area contributed by atoms with Gasteiger partial charge in [-0.1, -0.05) is 0 Å². The minimum atomic E-state index is -0.363. The number of aromatic hydroxyl groups is 1. The van der Waals surface area contributed by atoms with E-state index < -0.39 is 0 Å². The zero-order valence-corrected chi connectivity index (χ0v) is 13.8. The number of phenols is 1. The molecule has 0 atom stereocenters. The van der Waals surface area contributed by atoms with Gasteiger partial charge >= 0.3 is 0 Å². The molecule has 0 aliphatic carbocycles. The highest BCUT2D eigenvalue weighted by molar-refractivity contribution is 5.95. The fourth-order valence-electron chi connectivity index (χ4n) is 1.96. The lowest BCUT2D eigenvalue weighted by atomic mass is 10.2. The van der Waals surface area contributed by atoms with Crippen LogP contribution in [0.4, 0.5) is 0 Å². The van der Waals surface area contributed by atoms with Crippen molar-refractivity contribution in [3.63, 3.8) is 0 Å². The third kappa shape index (κ3) is 4.74. The number of amides is 1. The van der Waals surface area contributed by atoms with Gasteiger partial charge in [0.1, 0.15) is 5.75 Å². The fraction of sp³-hybridized carbons (Fsp3) is 0.222. The zero-order valence-electron chi connectivity index (χ0n) is 13.8. The van der Waals surface area contributed by atoms with Crippen LogP contribution < -0.4 is 14.9 Å². The van der Waals surface area contributed by atoms with Gasteiger partial charge in [-0.2, -0.15) is 5.10 Å². The Bertz CT molecular complexity index is 724. The lowest BCUT2D eigenvalue weighted by Gasteiger charge is -2.13. The number of benzene rings is 2. The van der Waals surface area contributed by atoms with E-state index in [1.807, 2.05) is 19.9 Å². The summed E-state index contributed by atoms with van der Waals surface area (Å²) in [6.45, 7) is 3.88. The van der Waals surface area contributed by atoms with E-state index in [0.29, 0.717) is 17.1 Å². The summed E-state index contributed by atoms with van der Waals surface area (Å²) in [7, 11) is 1.57. The first-order chi connectivity index (χ1) is 11.5. The molecule has 0 aliphatic rings. The Balaban J connectivity index is 2.03. The molecule has 0 bridgehead atoms. The first-order valence-electron chi connectivity index (χ1n) is 7.46. The van der Waals surface area contributed by atoms with E-state index in [9.17, 15) is 9.90 Å². The summed E-state index contributed by atoms with van der Waals surface area (Å²) in [5.74, 6) is 0.985. The van der Waals surface area contributed by atoms with Gasteiger partial charge in [0, 0.05) is 5.56 Å². The molecule has 0 spiro atoms. The average Bonchev–Trinajstić information content (AvgIpc) is 2.56. The Labute approximate surface area is 140 Å². The van der Waals surface area contributed by atoms with Crippen molar-refractivity contribution < 1.29 is 19.4 Å². The molecular weight excluding hydrogens is 308 g/mol. The fourth-order valence-corrected chi connectivity index (χ4v) is 1.96. The number of methoxy groups -OCH3 is 1. The third-order valence-corrected chi connectivity index (χ3v) is 3.06. The number of hydrazone groups is 1. The van der Waals surface area contributed by atoms with Crippen molar-refractivity contribution in [2.45, 2.75) is 20.0 Å². The minimum absolute atomic E-state index is 0.0445. The molecule has 0 heterocycles. The van der Waals surface area contributed by atoms with E-state index in [4.69, 9.17) is 9.47 Å². The molecule has 0 unspecified atom stereocenters. The van der Waals surface area contributed by atoms with Gasteiger partial charge in [-0.25, -0.2) is 5.43 Å². The maximum atomic E-state index is 11.9. The normalized spacial score (nSPS) is 10.8. The Morgan fingerprint density at radius 1 is 1.17 bits per heavy atom. The monoisotopic (exact) mass is 328 g/mol. The quantitative estimate of drug-likeness (QED) is 0.631. The van der Waals surface area contributed by atoms with Crippen LogP contribution in [0.15, 0.2) is 47.6 Å². The molecule has 2 aromatic carbocycles. The number of phenolic OH excluding ortho intramolecular Hbond substituents is 1. The van der Waals surface area contributed by atoms with Crippen LogP contribution in [0.5, 0.6) is 17.2 Å². The lowest BCUT2D eigenvalue weighted by Crippen LogP contribution is -2.17. The predicted molar refractivity (Wildman–Crippen MR) is 91.9 cm³/mol. The van der Waals surface area contributed by atoms with Crippen LogP contribution in [-0.2, 0) is 0 Å². The van der Waals surface area contributed by atoms with Gasteiger partial charge in [-0.3, -0.25) is 4.79 Å². The van der Waals surface area contributed by atoms with Crippen molar-refractivity contribution in [1.29, 1.82) is 0 Å². The molecule has 0 saturated carbocycles. The van der Waals surface area contributed by atoms with E-state index in [1.54, 1.807) is 19.2 Å². The van der Waals surface area contributed by atoms with Crippen LogP contribution in [0.25, 0.3) is 0 Å². The van der Waals surface area contributed by atoms with Gasteiger partial charge in [0.15, 0.2) is 11.5 Å². The molecule has 6 heteroatoms. The topological polar surface area (TPSA) is 80.2 Å². The summed E-state index contributed by atoms with van der Waals surface area (Å²) >= 11 is 0. The predicted octanol–water partition coefficient (Wildman–Crippen LogP) is 2.95. The number of hydrogen-bond donors (Lipinski definition) is 2. The molecule has 2 rings (SSSR count). The molecule has 2 aromatic rings. The Kier molecular flexibility index (Phi) is 5.78. The van der Waals surface area contributed by atoms with Crippen molar-refractivity contribution in [1.82, 2.24) is 5.43 Å². The first-order valence-corrected chi connectivity index (χ1v) is 7.46. The number of carbonyl (C=O) groups is 1. The third-order valence-electron chi connectivity index (χ3n) is 3.06. The van der Waals surface area contributed by atoms with Crippen molar-refractivity contribution >= 4 is 12.1 Å². The van der Waals surface area contributed by atoms with Crippen molar-refractivity contribution in [2.24, 2.45) is 5.10 Å². The van der Waals surface area contributed by atoms with Crippen molar-refractivity contribution in [3.8, 4) is 17.2 Å². The highest BCUT2D eigenvalue weighted by atomic mass is 16.5. The van der Waals surface area contributed by atoms with Crippen LogP contribution in [0.2, 0.25) is 0 Å². The number of ether oxygens (including phenoxy) is 2. The summed E-state index contributed by atoms with van der Waals surface area (Å²) in [6.07, 6.45) is 1.56. The van der Waals surface area contributed by atoms with Crippen molar-refractivity contribution in [2.75, 3.05) is 7.11 Å². The minimum Gasteiger partial charge on any atom is -0.508 e. The van der Waals surface area contributed by atoms with Crippen LogP contribution in [0.1, 0.15) is 29.8 Å². The van der Waals surface area contributed by atoms with Gasteiger partial charge in [0.05, 0.1) is 19.4 Å². The second-order valence-corrected chi connectivity index (χ2v) is 5.32. The molecule has 6 nitrogen and oxygen atoms in total. The van der Waals surface area contributed by atoms with Crippen LogP contribution in [0.3, 0.4) is 0 Å². The average molecular weight is 328 g/mol. The smallest absolute Gasteiger partial charge is 0.271 e. The van der Waals surface area contributed by atoms with Gasteiger partial charge < -0.3 is 14.6 Å². The van der Waals surface area contributed by atoms with E-state index in [1.165, 1.54) is 30.5 Å². The Morgan fingerprint density at radius 2 is 1.88 bits per heavy atom. The van der Waals surface area contributed by atoms with Crippen LogP contribution in [0, 0.1) is 0 Å². The second kappa shape index (κ2) is 8.01. The molecule has 2 N–H and O–H groups in total. The number of hydrogen-bond acceptors (Lipinski definition) is 5. The maximum Gasteiger partial charge on any atom is 0.271 e. The van der Waals surface area contributed by atoms with Gasteiger partial charge in [-0.15, -0.1) is 0 Å². The molecule has 0 radical (unpaired) electrons. The summed E-state index contributed by atoms with van der Waals surface area (Å²) in [5.41, 5.74) is 3.59. The Hall–Kier alpha value is -3.02. The molecule has 0 aromatic heterocycles. The molecule has 0 aliphatic heterocycles. The van der Waals surface area contributed by atoms with Gasteiger partial charge in [-0.05, 0) is 61.9 Å². The highest BCUT2D eigenvalue weighted by Crippen LogP contribution is 2.28. The maximum absolute atomic E-state index is 11.9. The molecule has 0 saturated heterocycles. The summed E-state index contributed by atoms with van der Waals surface area (Å²) < 4.78 is 10.9. The number of nitrogens with zero attached hydrogens (tertiary/aromatic N) is 1. The second-order valence-electron chi connectivity index (χ2n) is 5.32. The Morgan fingerprint density at radius 3 is 2.50 bits per heavy atom. The summed E-state index contributed by atoms with van der Waals surface area (Å²) in [6, 6.07) is 11.3. The van der Waals surface area contributed by atoms with Gasteiger partial charge in [0.25, 0.3) is 5.91 Å². The summed E-state index contributed by atoms with van der Waals surface area (Å²) in [5, 5.41) is 13.1. The first kappa shape index (κ1) is 17.3. The standard InChI is InChI=1S/C18H20N2O4/c1-12(2)24-16-9-4-13(10-17(16)23-3)11-19-20-18(22)14-5-7-15(21)8-6-14/h4-12,21H,1-3H3,(H,20,22)/b19-11+. The van der Waals surface area contributed by atoms with Crippen molar-refractivity contribution in [3.05, 3.63) is 53.6 Å². The van der Waals surface area contributed by atoms with Crippen LogP contribution >= 0.6 is 0 Å². The number of carbonyl (C=O) groups excluding carboxylic acids is 1. The lowest BCUT2D eigenvalue weighted by molar-refractivity contribution is 0.0955. The van der Waals surface area contributed by atoms with E-state index in [0.717, 1.165) is 5.56 Å². The highest BCUT2D eigenvalue weighted by Gasteiger charge is 2.07. The summed E-state index contributed by atoms with van der Waals surface area (Å²) in [4.78, 5) is 11.9. The molecule has 1 amide bonds. The molecular formula is C18H20N2O4. The largest absolute Gasteiger partial charge is 0.508 e. The van der Waals surface area contributed by atoms with Gasteiger partial charge in [0.2, 0.25) is 0 Å². The van der Waals surface area contributed by atoms with E-state index >= 15 is 0 Å². The van der Waals surface area contributed by atoms with E-state index in [-0.39, 0.29) is 17.8 Å². The zero-order chi connectivity index (χ0) is 17.5. The molecule has 0 fully saturated rings. The van der Waals surface area contributed by atoms with E-state index in [2.05, 4.69) is 10.5 Å². The number of nitrogens with one attached hydrogen (secondary N) is 1. The van der Waals surface area contributed by atoms with Crippen LogP contribution in [-0.4, -0.2) is 30.4 Å². The number of rotatable bonds is 6. The molecule has 126 valence electrons. The molecule has 24 heavy (non-hydrogen) atoms.